The van der Waals surface area contributed by atoms with Crippen LogP contribution in [0.15, 0.2) is 36.5 Å². The number of nitrogens with zero attached hydrogens (tertiary/aromatic N) is 4. The number of carbonyl (C=O) groups is 1. The fraction of sp³-hybridized carbons (Fsp3) is 0.618. The lowest BCUT2D eigenvalue weighted by Crippen LogP contribution is -2.48. The summed E-state index contributed by atoms with van der Waals surface area (Å²) in [5.74, 6) is 0.953. The normalized spacial score (nSPS) is 22.1. The average molecular weight is 692 g/mol. The second-order valence-corrected chi connectivity index (χ2v) is 15.6. The Hall–Kier alpha value is -3.23. The highest BCUT2D eigenvalue weighted by molar-refractivity contribution is 7.85. The van der Waals surface area contributed by atoms with E-state index in [4.69, 9.17) is 14.0 Å². The third-order valence-electron chi connectivity index (χ3n) is 10.5. The van der Waals surface area contributed by atoms with Gasteiger partial charge in [0.25, 0.3) is 16.0 Å². The summed E-state index contributed by atoms with van der Waals surface area (Å²) in [5.41, 5.74) is 0.0601. The number of rotatable bonds is 11. The lowest BCUT2D eigenvalue weighted by molar-refractivity contribution is -0.141. The number of ether oxygens (including phenoxy) is 1. The van der Waals surface area contributed by atoms with Gasteiger partial charge in [-0.25, -0.2) is 4.98 Å². The fourth-order valence-corrected chi connectivity index (χ4v) is 8.38. The molecule has 48 heavy (non-hydrogen) atoms. The zero-order valence-corrected chi connectivity index (χ0v) is 28.3. The molecule has 3 aromatic rings. The molecule has 0 radical (unpaired) electrons. The van der Waals surface area contributed by atoms with Crippen LogP contribution >= 0.6 is 0 Å². The van der Waals surface area contributed by atoms with Crippen molar-refractivity contribution in [1.29, 1.82) is 0 Å². The molecule has 1 amide bonds. The van der Waals surface area contributed by atoms with Crippen LogP contribution in [0.3, 0.4) is 0 Å². The van der Waals surface area contributed by atoms with Crippen LogP contribution in [0.5, 0.6) is 5.75 Å². The van der Waals surface area contributed by atoms with Crippen molar-refractivity contribution in [2.24, 2.45) is 17.3 Å². The lowest BCUT2D eigenvalue weighted by Gasteiger charge is -2.53. The molecule has 1 aromatic carbocycles. The number of carbonyl (C=O) groups excluding carboxylic acids is 1. The van der Waals surface area contributed by atoms with Crippen LogP contribution in [-0.4, -0.2) is 73.6 Å². The Balaban J connectivity index is 0.975. The number of hydrogen-bond donors (Lipinski definition) is 1. The summed E-state index contributed by atoms with van der Waals surface area (Å²) in [4.78, 5) is 18.9. The van der Waals surface area contributed by atoms with Crippen molar-refractivity contribution in [3.8, 4) is 5.75 Å². The van der Waals surface area contributed by atoms with Crippen LogP contribution in [0.4, 0.5) is 18.9 Å². The van der Waals surface area contributed by atoms with E-state index in [2.05, 4.69) is 15.2 Å². The first-order valence-corrected chi connectivity index (χ1v) is 18.6. The number of anilines is 1. The smallest absolute Gasteiger partial charge is 0.433 e. The summed E-state index contributed by atoms with van der Waals surface area (Å²) in [7, 11) is -1.88. The molecule has 2 aromatic heterocycles. The minimum absolute atomic E-state index is 0.270. The van der Waals surface area contributed by atoms with Gasteiger partial charge in [-0.15, -0.1) is 0 Å². The van der Waals surface area contributed by atoms with Crippen molar-refractivity contribution < 1.29 is 35.3 Å². The quantitative estimate of drug-likeness (QED) is 0.175. The number of halogens is 3. The van der Waals surface area contributed by atoms with Crippen LogP contribution in [0.1, 0.15) is 86.4 Å². The molecule has 1 spiro atoms. The molecule has 6 rings (SSSR count). The molecular formula is C34H44F3N5O5S. The molecule has 2 aliphatic carbocycles. The minimum atomic E-state index is -4.65. The number of aromatic nitrogens is 3. The molecule has 10 nitrogen and oxygen atoms in total. The van der Waals surface area contributed by atoms with Gasteiger partial charge in [-0.2, -0.15) is 26.7 Å². The third-order valence-corrected chi connectivity index (χ3v) is 11.1. The van der Waals surface area contributed by atoms with E-state index in [9.17, 15) is 26.4 Å². The number of nitrogens with one attached hydrogen (secondary N) is 1. The van der Waals surface area contributed by atoms with Crippen LogP contribution in [0.2, 0.25) is 0 Å². The number of pyridine rings is 1. The molecule has 3 fully saturated rings. The second-order valence-electron chi connectivity index (χ2n) is 14.0. The molecule has 0 atom stereocenters. The maximum atomic E-state index is 13.1. The number of piperidine rings is 1. The first-order valence-electron chi connectivity index (χ1n) is 16.8. The van der Waals surface area contributed by atoms with Gasteiger partial charge < -0.3 is 15.0 Å². The fourth-order valence-electron chi connectivity index (χ4n) is 7.96. The van der Waals surface area contributed by atoms with Crippen LogP contribution in [0, 0.1) is 17.3 Å². The summed E-state index contributed by atoms with van der Waals surface area (Å²) in [6.07, 6.45) is 9.61. The first-order chi connectivity index (χ1) is 22.8. The standard InChI is InChI=1S/C34H44F3N5O5S/c1-46-30-18-28-25(17-29(30)39-32(43)27-6-3-7-31(38-27)34(35,36)37)22-42(40-28)26-10-8-23(9-11-26)21-41-14-12-33(13-15-41)19-24(20-33)5-4-16-47-48(2,44)45/h3,6-7,17-18,22-24,26H,4-5,8-16,19-21H2,1-2H3,(H,39,43). The molecule has 3 aliphatic rings. The molecule has 1 saturated heterocycles. The Morgan fingerprint density at radius 3 is 2.48 bits per heavy atom. The van der Waals surface area contributed by atoms with Gasteiger partial charge in [0.2, 0.25) is 0 Å². The predicted molar refractivity (Wildman–Crippen MR) is 175 cm³/mol. The molecule has 262 valence electrons. The highest BCUT2D eigenvalue weighted by atomic mass is 32.2. The summed E-state index contributed by atoms with van der Waals surface area (Å²) in [5, 5.41) is 8.27. The van der Waals surface area contributed by atoms with Crippen LogP contribution in [-0.2, 0) is 20.5 Å². The Morgan fingerprint density at radius 1 is 1.08 bits per heavy atom. The van der Waals surface area contributed by atoms with E-state index in [0.29, 0.717) is 34.2 Å². The molecule has 3 heterocycles. The van der Waals surface area contributed by atoms with Crippen molar-refractivity contribution >= 4 is 32.6 Å². The minimum Gasteiger partial charge on any atom is -0.494 e. The number of alkyl halides is 3. The van der Waals surface area contributed by atoms with Crippen molar-refractivity contribution in [3.05, 3.63) is 47.9 Å². The van der Waals surface area contributed by atoms with E-state index >= 15 is 0 Å². The summed E-state index contributed by atoms with van der Waals surface area (Å²) in [6.45, 7) is 3.73. The summed E-state index contributed by atoms with van der Waals surface area (Å²) in [6, 6.07) is 6.95. The van der Waals surface area contributed by atoms with Gasteiger partial charge in [0.05, 0.1) is 37.2 Å². The Kier molecular flexibility index (Phi) is 10.1. The van der Waals surface area contributed by atoms with Gasteiger partial charge in [0.15, 0.2) is 0 Å². The number of hydrogen-bond acceptors (Lipinski definition) is 8. The van der Waals surface area contributed by atoms with E-state index in [1.807, 2.05) is 10.9 Å². The highest BCUT2D eigenvalue weighted by Gasteiger charge is 2.45. The number of amides is 1. The average Bonchev–Trinajstić information content (AvgIpc) is 3.45. The summed E-state index contributed by atoms with van der Waals surface area (Å²) >= 11 is 0. The topological polar surface area (TPSA) is 116 Å². The van der Waals surface area contributed by atoms with Crippen LogP contribution < -0.4 is 10.1 Å². The molecule has 2 saturated carbocycles. The predicted octanol–water partition coefficient (Wildman–Crippen LogP) is 6.69. The zero-order chi connectivity index (χ0) is 34.1. The van der Waals surface area contributed by atoms with Crippen molar-refractivity contribution in [2.45, 2.75) is 76.4 Å². The second kappa shape index (κ2) is 13.9. The van der Waals surface area contributed by atoms with Gasteiger partial charge >= 0.3 is 6.18 Å². The monoisotopic (exact) mass is 691 g/mol. The number of benzene rings is 1. The van der Waals surface area contributed by atoms with E-state index < -0.39 is 27.9 Å². The van der Waals surface area contributed by atoms with Crippen molar-refractivity contribution in [3.63, 3.8) is 0 Å². The number of likely N-dealkylation sites (tertiary alicyclic amines) is 1. The SMILES string of the molecule is COc1cc2nn(C3CCC(CN4CCC5(CC4)CC(CCCOS(C)(=O)=O)C5)CC3)cc2cc1NC(=O)c1cccc(C(F)(F)F)n1. The largest absolute Gasteiger partial charge is 0.494 e. The van der Waals surface area contributed by atoms with Gasteiger partial charge in [0.1, 0.15) is 17.1 Å². The zero-order valence-electron chi connectivity index (χ0n) is 27.5. The maximum absolute atomic E-state index is 13.1. The molecule has 1 aliphatic heterocycles. The summed E-state index contributed by atoms with van der Waals surface area (Å²) < 4.78 is 74.0. The molecule has 1 N–H and O–H groups in total. The Labute approximate surface area is 279 Å². The van der Waals surface area contributed by atoms with Crippen LogP contribution in [0.25, 0.3) is 10.9 Å². The van der Waals surface area contributed by atoms with E-state index in [1.54, 1.807) is 12.1 Å². The molecule has 14 heteroatoms. The molecular weight excluding hydrogens is 647 g/mol. The number of fused-ring (bicyclic) bond motifs is 1. The van der Waals surface area contributed by atoms with Gasteiger partial charge in [0, 0.05) is 24.2 Å². The van der Waals surface area contributed by atoms with Gasteiger partial charge in [-0.05, 0) is 113 Å². The van der Waals surface area contributed by atoms with Gasteiger partial charge in [-0.3, -0.25) is 13.7 Å². The highest BCUT2D eigenvalue weighted by Crippen LogP contribution is 2.54. The Morgan fingerprint density at radius 2 is 1.81 bits per heavy atom. The molecule has 0 bridgehead atoms. The van der Waals surface area contributed by atoms with E-state index in [0.717, 1.165) is 81.9 Å². The lowest BCUT2D eigenvalue weighted by atomic mass is 9.56. The maximum Gasteiger partial charge on any atom is 0.433 e. The van der Waals surface area contributed by atoms with Crippen molar-refractivity contribution in [1.82, 2.24) is 19.7 Å². The first kappa shape index (κ1) is 34.6. The Bertz CT molecular complexity index is 1710. The third kappa shape index (κ3) is 8.31. The van der Waals surface area contributed by atoms with Gasteiger partial charge in [-0.1, -0.05) is 6.07 Å². The number of methoxy groups -OCH3 is 1. The van der Waals surface area contributed by atoms with Crippen molar-refractivity contribution in [2.75, 3.05) is 44.9 Å². The van der Waals surface area contributed by atoms with E-state index in [-0.39, 0.29) is 18.3 Å². The van der Waals surface area contributed by atoms with E-state index in [1.165, 1.54) is 38.9 Å². The molecule has 0 unspecified atom stereocenters.